The molecule has 1 N–H and O–H groups in total. The zero-order valence-corrected chi connectivity index (χ0v) is 21.5. The fraction of sp³-hybridized carbons (Fsp3) is 0.552. The molecule has 4 rings (SSSR count). The monoisotopic (exact) mass is 463 g/mol. The molecule has 0 amide bonds. The highest BCUT2D eigenvalue weighted by atomic mass is 16.4. The number of benzene rings is 1. The van der Waals surface area contributed by atoms with Crippen molar-refractivity contribution in [2.45, 2.75) is 85.5 Å². The van der Waals surface area contributed by atoms with Gasteiger partial charge in [0, 0.05) is 41.3 Å². The molecule has 1 heterocycles. The lowest BCUT2D eigenvalue weighted by Crippen LogP contribution is -2.45. The quantitative estimate of drug-likeness (QED) is 0.617. The highest BCUT2D eigenvalue weighted by Gasteiger charge is 2.49. The largest absolute Gasteiger partial charge is 0.480 e. The van der Waals surface area contributed by atoms with E-state index in [-0.39, 0.29) is 34.4 Å². The minimum atomic E-state index is -0.960. The van der Waals surface area contributed by atoms with Crippen LogP contribution in [-0.2, 0) is 19.8 Å². The summed E-state index contributed by atoms with van der Waals surface area (Å²) in [6, 6.07) is 8.28. The summed E-state index contributed by atoms with van der Waals surface area (Å²) in [5.41, 5.74) is 4.41. The highest BCUT2D eigenvalue weighted by Crippen LogP contribution is 2.54. The van der Waals surface area contributed by atoms with E-state index in [2.05, 4.69) is 60.6 Å². The number of carboxylic acid groups (broad SMARTS) is 1. The van der Waals surface area contributed by atoms with Crippen molar-refractivity contribution in [1.82, 2.24) is 4.90 Å². The van der Waals surface area contributed by atoms with Gasteiger partial charge in [-0.3, -0.25) is 14.4 Å². The van der Waals surface area contributed by atoms with Gasteiger partial charge < -0.3 is 10.0 Å². The van der Waals surface area contributed by atoms with Crippen LogP contribution in [0.15, 0.2) is 46.8 Å². The maximum atomic E-state index is 13.6. The second kappa shape index (κ2) is 7.93. The molecule has 0 unspecified atom stereocenters. The number of carboxylic acids is 1. The van der Waals surface area contributed by atoms with Crippen LogP contribution in [0.5, 0.6) is 0 Å². The van der Waals surface area contributed by atoms with Crippen LogP contribution < -0.4 is 0 Å². The van der Waals surface area contributed by atoms with Crippen LogP contribution in [0.3, 0.4) is 0 Å². The van der Waals surface area contributed by atoms with Crippen LogP contribution in [-0.4, -0.2) is 34.1 Å². The molecule has 1 aromatic carbocycles. The topological polar surface area (TPSA) is 74.7 Å². The van der Waals surface area contributed by atoms with Gasteiger partial charge in [-0.15, -0.1) is 0 Å². The van der Waals surface area contributed by atoms with Gasteiger partial charge in [0.05, 0.1) is 0 Å². The Hall–Kier alpha value is -2.69. The van der Waals surface area contributed by atoms with Crippen molar-refractivity contribution in [2.75, 3.05) is 6.54 Å². The van der Waals surface area contributed by atoms with Gasteiger partial charge in [0.25, 0.3) is 0 Å². The first-order valence-corrected chi connectivity index (χ1v) is 12.2. The summed E-state index contributed by atoms with van der Waals surface area (Å²) in [7, 11) is 0. The van der Waals surface area contributed by atoms with Crippen LogP contribution in [0.4, 0.5) is 0 Å². The maximum Gasteiger partial charge on any atom is 0.323 e. The Labute approximate surface area is 202 Å². The van der Waals surface area contributed by atoms with E-state index < -0.39 is 11.9 Å². The summed E-state index contributed by atoms with van der Waals surface area (Å²) < 4.78 is 0. The molecule has 0 aromatic heterocycles. The maximum absolute atomic E-state index is 13.6. The Balaban J connectivity index is 1.97. The van der Waals surface area contributed by atoms with Crippen LogP contribution in [0.25, 0.3) is 0 Å². The number of ketones is 2. The van der Waals surface area contributed by atoms with Crippen molar-refractivity contribution in [3.05, 3.63) is 57.9 Å². The van der Waals surface area contributed by atoms with Crippen molar-refractivity contribution >= 4 is 17.5 Å². The van der Waals surface area contributed by atoms with Gasteiger partial charge in [0.2, 0.25) is 0 Å². The second-order valence-corrected chi connectivity index (χ2v) is 12.9. The smallest absolute Gasteiger partial charge is 0.323 e. The van der Waals surface area contributed by atoms with E-state index in [9.17, 15) is 19.5 Å². The molecule has 1 aliphatic heterocycles. The van der Waals surface area contributed by atoms with Gasteiger partial charge in [0.1, 0.15) is 6.54 Å². The second-order valence-electron chi connectivity index (χ2n) is 12.9. The molecule has 0 spiro atoms. The number of allylic oxidation sites excluding steroid dienone is 4. The third kappa shape index (κ3) is 4.37. The van der Waals surface area contributed by atoms with E-state index in [0.717, 1.165) is 17.0 Å². The fourth-order valence-electron chi connectivity index (χ4n) is 5.88. The lowest BCUT2D eigenvalue weighted by molar-refractivity contribution is -0.138. The van der Waals surface area contributed by atoms with E-state index in [1.165, 1.54) is 5.56 Å². The first-order chi connectivity index (χ1) is 15.6. The molecule has 5 heteroatoms. The number of hydrogen-bond acceptors (Lipinski definition) is 4. The van der Waals surface area contributed by atoms with E-state index in [0.29, 0.717) is 36.8 Å². The average Bonchev–Trinajstić information content (AvgIpc) is 2.66. The first-order valence-electron chi connectivity index (χ1n) is 12.2. The Bertz CT molecular complexity index is 1070. The summed E-state index contributed by atoms with van der Waals surface area (Å²) in [6.45, 7) is 14.5. The van der Waals surface area contributed by atoms with Crippen molar-refractivity contribution in [3.8, 4) is 0 Å². The van der Waals surface area contributed by atoms with Gasteiger partial charge >= 0.3 is 5.97 Å². The molecular weight excluding hydrogens is 426 g/mol. The van der Waals surface area contributed by atoms with Crippen LogP contribution in [0, 0.1) is 10.8 Å². The molecule has 0 fully saturated rings. The SMILES string of the molecule is CC1(C)CC(=O)C2=C(C1)N(CC(=O)O)C1=C(C(=O)CC(C)(C)C1)C2c1ccc(C(C)(C)C)cc1. The molecule has 0 saturated heterocycles. The Morgan fingerprint density at radius 1 is 0.882 bits per heavy atom. The molecule has 34 heavy (non-hydrogen) atoms. The summed E-state index contributed by atoms with van der Waals surface area (Å²) >= 11 is 0. The van der Waals surface area contributed by atoms with E-state index in [1.54, 1.807) is 4.90 Å². The van der Waals surface area contributed by atoms with Crippen molar-refractivity contribution in [2.24, 2.45) is 10.8 Å². The summed E-state index contributed by atoms with van der Waals surface area (Å²) in [6.07, 6.45) is 2.02. The number of nitrogens with zero attached hydrogens (tertiary/aromatic N) is 1. The molecule has 5 nitrogen and oxygen atoms in total. The van der Waals surface area contributed by atoms with Crippen molar-refractivity contribution in [1.29, 1.82) is 0 Å². The molecule has 2 aliphatic carbocycles. The standard InChI is InChI=1S/C29H37NO4/c1-27(2,3)18-10-8-17(9-11-18)24-25-19(12-28(4,5)14-21(25)31)30(16-23(33)34)20-13-29(6,7)15-22(32)26(20)24/h8-11,24H,12-16H2,1-7H3,(H,33,34). The Morgan fingerprint density at radius 2 is 1.32 bits per heavy atom. The molecule has 3 aliphatic rings. The number of Topliss-reactive ketones (excluding diaryl/α,β-unsaturated/α-hetero) is 2. The summed E-state index contributed by atoms with van der Waals surface area (Å²) in [5, 5.41) is 9.77. The lowest BCUT2D eigenvalue weighted by Gasteiger charge is -2.48. The van der Waals surface area contributed by atoms with Crippen molar-refractivity contribution in [3.63, 3.8) is 0 Å². The predicted octanol–water partition coefficient (Wildman–Crippen LogP) is 5.75. The fourth-order valence-corrected chi connectivity index (χ4v) is 5.88. The number of carbonyl (C=O) groups excluding carboxylic acids is 2. The number of carbonyl (C=O) groups is 3. The zero-order valence-electron chi connectivity index (χ0n) is 21.5. The van der Waals surface area contributed by atoms with Gasteiger partial charge in [-0.2, -0.15) is 0 Å². The minimum absolute atomic E-state index is 0.00635. The van der Waals surface area contributed by atoms with Crippen LogP contribution in [0.2, 0.25) is 0 Å². The molecule has 0 saturated carbocycles. The zero-order chi connectivity index (χ0) is 25.2. The van der Waals surface area contributed by atoms with E-state index in [4.69, 9.17) is 0 Å². The third-order valence-electron chi connectivity index (χ3n) is 7.43. The molecule has 182 valence electrons. The molecule has 0 bridgehead atoms. The lowest BCUT2D eigenvalue weighted by atomic mass is 9.63. The predicted molar refractivity (Wildman–Crippen MR) is 132 cm³/mol. The summed E-state index contributed by atoms with van der Waals surface area (Å²) in [4.78, 5) is 41.0. The average molecular weight is 464 g/mol. The molecular formula is C29H37NO4. The number of aliphatic carboxylic acids is 1. The molecule has 1 aromatic rings. The van der Waals surface area contributed by atoms with E-state index in [1.807, 2.05) is 12.1 Å². The minimum Gasteiger partial charge on any atom is -0.480 e. The van der Waals surface area contributed by atoms with Gasteiger partial charge in [-0.25, -0.2) is 0 Å². The molecule has 0 atom stereocenters. The van der Waals surface area contributed by atoms with Gasteiger partial charge in [0.15, 0.2) is 11.6 Å². The number of hydrogen-bond donors (Lipinski definition) is 1. The first kappa shape index (κ1) is 24.4. The Kier molecular flexibility index (Phi) is 5.70. The van der Waals surface area contributed by atoms with Crippen LogP contribution in [0.1, 0.15) is 91.2 Å². The Morgan fingerprint density at radius 3 is 1.71 bits per heavy atom. The number of rotatable bonds is 3. The molecule has 0 radical (unpaired) electrons. The highest BCUT2D eigenvalue weighted by molar-refractivity contribution is 6.07. The normalized spacial score (nSPS) is 22.6. The van der Waals surface area contributed by atoms with Crippen LogP contribution >= 0.6 is 0 Å². The van der Waals surface area contributed by atoms with Gasteiger partial charge in [-0.05, 0) is 40.2 Å². The van der Waals surface area contributed by atoms with Gasteiger partial charge in [-0.1, -0.05) is 72.7 Å². The van der Waals surface area contributed by atoms with E-state index >= 15 is 0 Å². The summed E-state index contributed by atoms with van der Waals surface area (Å²) in [5.74, 6) is -1.35. The third-order valence-corrected chi connectivity index (χ3v) is 7.43. The van der Waals surface area contributed by atoms with Crippen molar-refractivity contribution < 1.29 is 19.5 Å².